The molecule has 28 heavy (non-hydrogen) atoms. The number of thiazole rings is 1. The summed E-state index contributed by atoms with van der Waals surface area (Å²) in [6, 6.07) is 8.06. The lowest BCUT2D eigenvalue weighted by Crippen LogP contribution is -2.30. The van der Waals surface area contributed by atoms with E-state index >= 15 is 0 Å². The van der Waals surface area contributed by atoms with Crippen LogP contribution in [0.1, 0.15) is 45.6 Å². The number of likely N-dealkylation sites (tertiary alicyclic amines) is 1. The molecule has 6 nitrogen and oxygen atoms in total. The van der Waals surface area contributed by atoms with Crippen LogP contribution in [0.2, 0.25) is 0 Å². The van der Waals surface area contributed by atoms with E-state index in [0.717, 1.165) is 36.5 Å². The topological polar surface area (TPSA) is 71.1 Å². The number of benzene rings is 1. The Hall–Kier alpha value is -2.74. The van der Waals surface area contributed by atoms with E-state index in [0.29, 0.717) is 23.7 Å². The zero-order valence-corrected chi connectivity index (χ0v) is 16.3. The minimum Gasteiger partial charge on any atom is -0.493 e. The van der Waals surface area contributed by atoms with Crippen molar-refractivity contribution in [3.8, 4) is 5.75 Å². The molecule has 0 spiro atoms. The molecule has 3 heterocycles. The normalized spacial score (nSPS) is 16.5. The fourth-order valence-corrected chi connectivity index (χ4v) is 4.23. The molecule has 146 valence electrons. The highest BCUT2D eigenvalue weighted by Gasteiger charge is 2.33. The third-order valence-electron chi connectivity index (χ3n) is 4.88. The van der Waals surface area contributed by atoms with Gasteiger partial charge in [-0.15, -0.1) is 11.3 Å². The van der Waals surface area contributed by atoms with E-state index in [1.807, 2.05) is 17.9 Å². The fraction of sp³-hybridized carbons (Fsp3) is 0.350. The molecule has 0 radical (unpaired) electrons. The number of nitrogens with zero attached hydrogens (tertiary/aromatic N) is 3. The van der Waals surface area contributed by atoms with Gasteiger partial charge in [-0.1, -0.05) is 6.07 Å². The van der Waals surface area contributed by atoms with Crippen LogP contribution in [0.4, 0.5) is 4.39 Å². The van der Waals surface area contributed by atoms with Crippen LogP contribution < -0.4 is 4.74 Å². The largest absolute Gasteiger partial charge is 0.493 e. The van der Waals surface area contributed by atoms with E-state index in [9.17, 15) is 9.18 Å². The molecular formula is C20H21FN4O2S. The summed E-state index contributed by atoms with van der Waals surface area (Å²) in [7, 11) is 0. The summed E-state index contributed by atoms with van der Waals surface area (Å²) < 4.78 is 18.8. The molecule has 0 saturated carbocycles. The number of aromatic amines is 1. The van der Waals surface area contributed by atoms with Gasteiger partial charge in [0, 0.05) is 24.7 Å². The van der Waals surface area contributed by atoms with E-state index in [2.05, 4.69) is 15.2 Å². The summed E-state index contributed by atoms with van der Waals surface area (Å²) in [5.74, 6) is 0.220. The van der Waals surface area contributed by atoms with Crippen molar-refractivity contribution in [3.63, 3.8) is 0 Å². The molecule has 0 aliphatic carbocycles. The Labute approximate surface area is 166 Å². The maximum Gasteiger partial charge on any atom is 0.266 e. The van der Waals surface area contributed by atoms with Crippen molar-refractivity contribution in [2.75, 3.05) is 13.2 Å². The Balaban J connectivity index is 1.39. The predicted octanol–water partition coefficient (Wildman–Crippen LogP) is 3.91. The van der Waals surface area contributed by atoms with Crippen LogP contribution in [0.25, 0.3) is 0 Å². The van der Waals surface area contributed by atoms with Crippen LogP contribution in [0.5, 0.6) is 5.75 Å². The lowest BCUT2D eigenvalue weighted by Gasteiger charge is -2.22. The average molecular weight is 400 g/mol. The molecule has 1 aliphatic heterocycles. The summed E-state index contributed by atoms with van der Waals surface area (Å²) in [6.07, 6.45) is 2.48. The van der Waals surface area contributed by atoms with Gasteiger partial charge in [0.15, 0.2) is 0 Å². The van der Waals surface area contributed by atoms with Crippen molar-refractivity contribution in [3.05, 3.63) is 63.6 Å². The SMILES string of the molecule is Cc1ncsc1C(=O)N1CCC[C@H]1c1cc(CCOc2cccc(F)c2)[nH]n1. The Morgan fingerprint density at radius 2 is 2.32 bits per heavy atom. The molecule has 1 saturated heterocycles. The highest BCUT2D eigenvalue weighted by atomic mass is 32.1. The number of H-pyrrole nitrogens is 1. The van der Waals surface area contributed by atoms with Gasteiger partial charge in [-0.2, -0.15) is 5.10 Å². The van der Waals surface area contributed by atoms with Crippen LogP contribution in [-0.4, -0.2) is 39.1 Å². The summed E-state index contributed by atoms with van der Waals surface area (Å²) in [6.45, 7) is 3.00. The van der Waals surface area contributed by atoms with Crippen molar-refractivity contribution < 1.29 is 13.9 Å². The summed E-state index contributed by atoms with van der Waals surface area (Å²) >= 11 is 1.38. The average Bonchev–Trinajstić information content (AvgIpc) is 3.41. The van der Waals surface area contributed by atoms with Crippen molar-refractivity contribution in [1.29, 1.82) is 0 Å². The maximum atomic E-state index is 13.2. The molecule has 1 amide bonds. The number of aromatic nitrogens is 3. The zero-order chi connectivity index (χ0) is 19.5. The Kier molecular flexibility index (Phi) is 5.38. The standard InChI is InChI=1S/C20H21FN4O2S/c1-13-19(28-12-22-13)20(26)25-8-3-6-18(25)17-11-15(23-24-17)7-9-27-16-5-2-4-14(21)10-16/h2,4-5,10-12,18H,3,6-9H2,1H3,(H,23,24)/t18-/m0/s1. The molecule has 8 heteroatoms. The monoisotopic (exact) mass is 400 g/mol. The van der Waals surface area contributed by atoms with Gasteiger partial charge >= 0.3 is 0 Å². The quantitative estimate of drug-likeness (QED) is 0.681. The first-order chi connectivity index (χ1) is 13.6. The first kappa shape index (κ1) is 18.6. The third-order valence-corrected chi connectivity index (χ3v) is 5.80. The highest BCUT2D eigenvalue weighted by Crippen LogP contribution is 2.33. The van der Waals surface area contributed by atoms with Crippen molar-refractivity contribution in [1.82, 2.24) is 20.1 Å². The van der Waals surface area contributed by atoms with Gasteiger partial charge in [0.05, 0.1) is 29.5 Å². The minimum atomic E-state index is -0.316. The molecule has 1 N–H and O–H groups in total. The highest BCUT2D eigenvalue weighted by molar-refractivity contribution is 7.11. The number of hydrogen-bond donors (Lipinski definition) is 1. The van der Waals surface area contributed by atoms with Crippen LogP contribution in [0, 0.1) is 12.7 Å². The minimum absolute atomic E-state index is 0.0249. The van der Waals surface area contributed by atoms with E-state index in [1.165, 1.54) is 23.5 Å². The van der Waals surface area contributed by atoms with Gasteiger partial charge in [-0.25, -0.2) is 9.37 Å². The molecule has 0 bridgehead atoms. The lowest BCUT2D eigenvalue weighted by molar-refractivity contribution is 0.0737. The number of amides is 1. The summed E-state index contributed by atoms with van der Waals surface area (Å²) in [5.41, 5.74) is 4.28. The second-order valence-corrected chi connectivity index (χ2v) is 7.65. The summed E-state index contributed by atoms with van der Waals surface area (Å²) in [4.78, 5) is 19.7. The molecule has 4 rings (SSSR count). The van der Waals surface area contributed by atoms with Crippen LogP contribution in [0.3, 0.4) is 0 Å². The van der Waals surface area contributed by atoms with Gasteiger partial charge in [0.2, 0.25) is 0 Å². The number of halogens is 1. The Morgan fingerprint density at radius 3 is 3.11 bits per heavy atom. The number of nitrogens with one attached hydrogen (secondary N) is 1. The van der Waals surface area contributed by atoms with Crippen molar-refractivity contribution in [2.24, 2.45) is 0 Å². The fourth-order valence-electron chi connectivity index (χ4n) is 3.47. The maximum absolute atomic E-state index is 13.2. The number of hydrogen-bond acceptors (Lipinski definition) is 5. The van der Waals surface area contributed by atoms with Crippen molar-refractivity contribution in [2.45, 2.75) is 32.2 Å². The molecule has 2 aromatic heterocycles. The number of aryl methyl sites for hydroxylation is 1. The smallest absolute Gasteiger partial charge is 0.266 e. The van der Waals surface area contributed by atoms with Crippen LogP contribution >= 0.6 is 11.3 Å². The number of rotatable bonds is 6. The molecule has 0 unspecified atom stereocenters. The van der Waals surface area contributed by atoms with Crippen molar-refractivity contribution >= 4 is 17.2 Å². The van der Waals surface area contributed by atoms with Gasteiger partial charge < -0.3 is 9.64 Å². The third kappa shape index (κ3) is 3.91. The molecule has 1 atom stereocenters. The number of ether oxygens (including phenoxy) is 1. The Bertz CT molecular complexity index is 971. The predicted molar refractivity (Wildman–Crippen MR) is 104 cm³/mol. The zero-order valence-electron chi connectivity index (χ0n) is 15.5. The van der Waals surface area contributed by atoms with Crippen LogP contribution in [-0.2, 0) is 6.42 Å². The number of carbonyl (C=O) groups is 1. The molecule has 1 aliphatic rings. The van der Waals surface area contributed by atoms with E-state index in [4.69, 9.17) is 4.74 Å². The molecule has 1 aromatic carbocycles. The van der Waals surface area contributed by atoms with E-state index < -0.39 is 0 Å². The van der Waals surface area contributed by atoms with Gasteiger partial charge in [-0.05, 0) is 38.0 Å². The molecular weight excluding hydrogens is 379 g/mol. The first-order valence-electron chi connectivity index (χ1n) is 9.25. The van der Waals surface area contributed by atoms with Gasteiger partial charge in [-0.3, -0.25) is 9.89 Å². The van der Waals surface area contributed by atoms with Gasteiger partial charge in [0.25, 0.3) is 5.91 Å². The second-order valence-electron chi connectivity index (χ2n) is 6.80. The summed E-state index contributed by atoms with van der Waals surface area (Å²) in [5, 5.41) is 7.46. The van der Waals surface area contributed by atoms with Crippen LogP contribution in [0.15, 0.2) is 35.8 Å². The molecule has 3 aromatic rings. The first-order valence-corrected chi connectivity index (χ1v) is 10.1. The molecule has 1 fully saturated rings. The Morgan fingerprint density at radius 1 is 1.43 bits per heavy atom. The second kappa shape index (κ2) is 8.10. The van der Waals surface area contributed by atoms with Gasteiger partial charge in [0.1, 0.15) is 16.4 Å². The van der Waals surface area contributed by atoms with E-state index in [1.54, 1.807) is 17.6 Å². The number of carbonyl (C=O) groups excluding carboxylic acids is 1. The van der Waals surface area contributed by atoms with E-state index in [-0.39, 0.29) is 17.8 Å². The lowest BCUT2D eigenvalue weighted by atomic mass is 10.1.